The van der Waals surface area contributed by atoms with Crippen molar-refractivity contribution in [2.45, 2.75) is 20.8 Å². The molecule has 0 bridgehead atoms. The number of hydrogen-bond acceptors (Lipinski definition) is 1. The molecule has 0 rings (SSSR count). The fourth-order valence-electron chi connectivity index (χ4n) is 0.753. The van der Waals surface area contributed by atoms with Crippen molar-refractivity contribution in [3.8, 4) is 0 Å². The highest BCUT2D eigenvalue weighted by Gasteiger charge is 1.97. The molecule has 0 unspecified atom stereocenters. The van der Waals surface area contributed by atoms with Gasteiger partial charge < -0.3 is 0 Å². The maximum Gasteiger partial charge on any atom is 0.0370 e. The Morgan fingerprint density at radius 2 is 1.91 bits per heavy atom. The molecule has 0 radical (unpaired) electrons. The Morgan fingerprint density at radius 1 is 1.36 bits per heavy atom. The second kappa shape index (κ2) is 4.89. The van der Waals surface area contributed by atoms with Gasteiger partial charge in [0.15, 0.2) is 0 Å². The van der Waals surface area contributed by atoms with E-state index in [1.807, 2.05) is 26.1 Å². The molecule has 0 saturated heterocycles. The van der Waals surface area contributed by atoms with E-state index < -0.39 is 0 Å². The molecule has 0 aliphatic heterocycles. The summed E-state index contributed by atoms with van der Waals surface area (Å²) in [5, 5.41) is 0. The Kier molecular flexibility index (Phi) is 4.51. The van der Waals surface area contributed by atoms with Crippen LogP contribution in [-0.2, 0) is 0 Å². The minimum absolute atomic E-state index is 0.496. The van der Waals surface area contributed by atoms with Crippen molar-refractivity contribution in [2.75, 3.05) is 7.05 Å². The van der Waals surface area contributed by atoms with E-state index in [0.717, 1.165) is 11.3 Å². The van der Waals surface area contributed by atoms with Crippen molar-refractivity contribution in [3.05, 3.63) is 24.3 Å². The molecule has 1 heteroatoms. The Bertz CT molecular complexity index is 185. The molecule has 11 heavy (non-hydrogen) atoms. The molecular weight excluding hydrogens is 134 g/mol. The lowest BCUT2D eigenvalue weighted by atomic mass is 10.1. The summed E-state index contributed by atoms with van der Waals surface area (Å²) in [5.74, 6) is 0.496. The van der Waals surface area contributed by atoms with Gasteiger partial charge in [0.25, 0.3) is 0 Å². The molecule has 0 spiro atoms. The minimum atomic E-state index is 0.496. The predicted octanol–water partition coefficient (Wildman–Crippen LogP) is 2.85. The molecule has 0 aromatic heterocycles. The van der Waals surface area contributed by atoms with Crippen LogP contribution < -0.4 is 0 Å². The lowest BCUT2D eigenvalue weighted by Crippen LogP contribution is -2.02. The molecule has 0 heterocycles. The summed E-state index contributed by atoms with van der Waals surface area (Å²) in [5.41, 5.74) is 2.18. The Balaban J connectivity index is 4.22. The largest absolute Gasteiger partial charge is 0.293 e. The molecule has 0 aromatic rings. The van der Waals surface area contributed by atoms with Crippen molar-refractivity contribution in [2.24, 2.45) is 10.9 Å². The molecule has 0 fully saturated rings. The highest BCUT2D eigenvalue weighted by molar-refractivity contribution is 5.96. The first kappa shape index (κ1) is 10.2. The van der Waals surface area contributed by atoms with Crippen molar-refractivity contribution in [1.29, 1.82) is 0 Å². The zero-order chi connectivity index (χ0) is 8.85. The van der Waals surface area contributed by atoms with Crippen LogP contribution in [0.1, 0.15) is 20.8 Å². The van der Waals surface area contributed by atoms with Gasteiger partial charge in [-0.25, -0.2) is 0 Å². The van der Waals surface area contributed by atoms with Gasteiger partial charge in [0.2, 0.25) is 0 Å². The summed E-state index contributed by atoms with van der Waals surface area (Å²) in [6.07, 6.45) is 4.01. The first-order chi connectivity index (χ1) is 5.07. The first-order valence-corrected chi connectivity index (χ1v) is 3.88. The van der Waals surface area contributed by atoms with Gasteiger partial charge in [-0.1, -0.05) is 32.1 Å². The van der Waals surface area contributed by atoms with Crippen LogP contribution in [0.15, 0.2) is 29.3 Å². The maximum atomic E-state index is 4.15. The normalized spacial score (nSPS) is 13.0. The SMILES string of the molecule is C=C(C)/C=C\C(=NC)C(C)C. The van der Waals surface area contributed by atoms with E-state index in [0.29, 0.717) is 5.92 Å². The van der Waals surface area contributed by atoms with Gasteiger partial charge in [-0.2, -0.15) is 0 Å². The maximum absolute atomic E-state index is 4.15. The highest BCUT2D eigenvalue weighted by Crippen LogP contribution is 2.00. The van der Waals surface area contributed by atoms with E-state index in [4.69, 9.17) is 0 Å². The standard InChI is InChI=1S/C10H17N/c1-8(2)6-7-10(11-5)9(3)4/h6-7,9H,1H2,2-5H3/b7-6-,11-10?. The van der Waals surface area contributed by atoms with E-state index in [-0.39, 0.29) is 0 Å². The fourth-order valence-corrected chi connectivity index (χ4v) is 0.753. The van der Waals surface area contributed by atoms with Crippen LogP contribution in [0.3, 0.4) is 0 Å². The van der Waals surface area contributed by atoms with Crippen LogP contribution in [0.25, 0.3) is 0 Å². The number of aliphatic imine (C=N–C) groups is 1. The van der Waals surface area contributed by atoms with E-state index in [1.165, 1.54) is 0 Å². The minimum Gasteiger partial charge on any atom is -0.293 e. The Hall–Kier alpha value is -0.850. The second-order valence-electron chi connectivity index (χ2n) is 2.98. The van der Waals surface area contributed by atoms with Gasteiger partial charge in [-0.3, -0.25) is 4.99 Å². The summed E-state index contributed by atoms with van der Waals surface area (Å²) in [6.45, 7) is 10.0. The molecule has 0 aromatic carbocycles. The predicted molar refractivity (Wildman–Crippen MR) is 52.2 cm³/mol. The monoisotopic (exact) mass is 151 g/mol. The summed E-state index contributed by atoms with van der Waals surface area (Å²) >= 11 is 0. The molecule has 62 valence electrons. The average molecular weight is 151 g/mol. The van der Waals surface area contributed by atoms with Gasteiger partial charge in [-0.05, 0) is 18.9 Å². The van der Waals surface area contributed by atoms with Gasteiger partial charge in [0.1, 0.15) is 0 Å². The second-order valence-corrected chi connectivity index (χ2v) is 2.98. The number of rotatable bonds is 3. The summed E-state index contributed by atoms with van der Waals surface area (Å²) in [4.78, 5) is 4.15. The van der Waals surface area contributed by atoms with Crippen LogP contribution >= 0.6 is 0 Å². The van der Waals surface area contributed by atoms with Crippen molar-refractivity contribution < 1.29 is 0 Å². The summed E-state index contributed by atoms with van der Waals surface area (Å²) in [6, 6.07) is 0. The third-order valence-electron chi connectivity index (χ3n) is 1.39. The van der Waals surface area contributed by atoms with Crippen LogP contribution in [0.5, 0.6) is 0 Å². The van der Waals surface area contributed by atoms with Crippen LogP contribution in [0, 0.1) is 5.92 Å². The molecular formula is C10H17N. The average Bonchev–Trinajstić information content (AvgIpc) is 1.87. The molecule has 0 aliphatic rings. The quantitative estimate of drug-likeness (QED) is 0.434. The molecule has 0 saturated carbocycles. The first-order valence-electron chi connectivity index (χ1n) is 3.88. The highest BCUT2D eigenvalue weighted by atomic mass is 14.7. The van der Waals surface area contributed by atoms with Crippen LogP contribution in [0.2, 0.25) is 0 Å². The topological polar surface area (TPSA) is 12.4 Å². The van der Waals surface area contributed by atoms with Crippen LogP contribution in [-0.4, -0.2) is 12.8 Å². The van der Waals surface area contributed by atoms with E-state index >= 15 is 0 Å². The van der Waals surface area contributed by atoms with Crippen molar-refractivity contribution in [3.63, 3.8) is 0 Å². The Morgan fingerprint density at radius 3 is 2.18 bits per heavy atom. The lowest BCUT2D eigenvalue weighted by molar-refractivity contribution is 0.886. The van der Waals surface area contributed by atoms with Gasteiger partial charge >= 0.3 is 0 Å². The molecule has 1 nitrogen and oxygen atoms in total. The zero-order valence-corrected chi connectivity index (χ0v) is 7.89. The zero-order valence-electron chi connectivity index (χ0n) is 7.89. The third kappa shape index (κ3) is 4.54. The van der Waals surface area contributed by atoms with E-state index in [1.54, 1.807) is 0 Å². The summed E-state index contributed by atoms with van der Waals surface area (Å²) < 4.78 is 0. The number of allylic oxidation sites excluding steroid dienone is 3. The van der Waals surface area contributed by atoms with Crippen molar-refractivity contribution in [1.82, 2.24) is 0 Å². The van der Waals surface area contributed by atoms with Crippen molar-refractivity contribution >= 4 is 5.71 Å². The lowest BCUT2D eigenvalue weighted by Gasteiger charge is -2.02. The number of nitrogens with zero attached hydrogens (tertiary/aromatic N) is 1. The summed E-state index contributed by atoms with van der Waals surface area (Å²) in [7, 11) is 1.82. The van der Waals surface area contributed by atoms with E-state index in [2.05, 4.69) is 25.4 Å². The smallest absolute Gasteiger partial charge is 0.0370 e. The van der Waals surface area contributed by atoms with Crippen LogP contribution in [0.4, 0.5) is 0 Å². The molecule has 0 N–H and O–H groups in total. The van der Waals surface area contributed by atoms with Gasteiger partial charge in [0.05, 0.1) is 0 Å². The molecule has 0 aliphatic carbocycles. The van der Waals surface area contributed by atoms with E-state index in [9.17, 15) is 0 Å². The molecule has 0 atom stereocenters. The van der Waals surface area contributed by atoms with Gasteiger partial charge in [0, 0.05) is 12.8 Å². The van der Waals surface area contributed by atoms with Gasteiger partial charge in [-0.15, -0.1) is 0 Å². The molecule has 0 amide bonds. The number of hydrogen-bond donors (Lipinski definition) is 0. The third-order valence-corrected chi connectivity index (χ3v) is 1.39. The Labute approximate surface area is 69.5 Å². The fraction of sp³-hybridized carbons (Fsp3) is 0.500.